The molecule has 0 spiro atoms. The smallest absolute Gasteiger partial charge is 0.224 e. The second-order valence-corrected chi connectivity index (χ2v) is 10.3. The summed E-state index contributed by atoms with van der Waals surface area (Å²) in [7, 11) is 2.18. The van der Waals surface area contributed by atoms with Crippen LogP contribution in [0.3, 0.4) is 0 Å². The Hall–Kier alpha value is -3.20. The van der Waals surface area contributed by atoms with E-state index in [1.807, 2.05) is 6.20 Å². The molecule has 0 saturated carbocycles. The van der Waals surface area contributed by atoms with Gasteiger partial charge in [-0.2, -0.15) is 0 Å². The van der Waals surface area contributed by atoms with E-state index in [9.17, 15) is 0 Å². The lowest BCUT2D eigenvalue weighted by molar-refractivity contribution is -0.643. The molecule has 6 rings (SSSR count). The molecule has 31 heavy (non-hydrogen) atoms. The van der Waals surface area contributed by atoms with Crippen LogP contribution in [0.1, 0.15) is 37.5 Å². The molecule has 3 heteroatoms. The van der Waals surface area contributed by atoms with Gasteiger partial charge in [0.15, 0.2) is 6.20 Å². The van der Waals surface area contributed by atoms with E-state index >= 15 is 0 Å². The summed E-state index contributed by atoms with van der Waals surface area (Å²) in [5.41, 5.74) is 9.26. The van der Waals surface area contributed by atoms with Gasteiger partial charge in [0.25, 0.3) is 0 Å². The van der Waals surface area contributed by atoms with Gasteiger partial charge >= 0.3 is 0 Å². The molecule has 0 unspecified atom stereocenters. The molecule has 2 aromatic carbocycles. The molecule has 0 bridgehead atoms. The lowest BCUT2D eigenvalue weighted by Gasteiger charge is -2.21. The summed E-state index contributed by atoms with van der Waals surface area (Å²) in [6.07, 6.45) is 5.15. The van der Waals surface area contributed by atoms with E-state index in [1.54, 1.807) is 0 Å². The fourth-order valence-electron chi connectivity index (χ4n) is 5.49. The standard InChI is InChI=1S/C28H28N3/c1-16-14-21-20-8-7-12-29-27(20)31-24-19(15-28(3,4)5)10-9-18-11-13-30(6)26(23(18)24)22(17(16)2)25(21)31/h7-14H,15H2,1-6H3/q+1. The highest BCUT2D eigenvalue weighted by Crippen LogP contribution is 2.42. The minimum atomic E-state index is 0.195. The zero-order valence-corrected chi connectivity index (χ0v) is 19.2. The van der Waals surface area contributed by atoms with Crippen molar-refractivity contribution in [3.8, 4) is 0 Å². The summed E-state index contributed by atoms with van der Waals surface area (Å²) in [6, 6.07) is 13.5. The number of fused-ring (bicyclic) bond motifs is 5. The van der Waals surface area contributed by atoms with Gasteiger partial charge < -0.3 is 0 Å². The van der Waals surface area contributed by atoms with E-state index in [2.05, 4.69) is 93.2 Å². The molecular formula is C28H28N3+. The summed E-state index contributed by atoms with van der Waals surface area (Å²) in [4.78, 5) is 4.90. The van der Waals surface area contributed by atoms with Crippen LogP contribution in [0.2, 0.25) is 0 Å². The van der Waals surface area contributed by atoms with Gasteiger partial charge in [-0.3, -0.25) is 4.40 Å². The lowest BCUT2D eigenvalue weighted by atomic mass is 9.86. The number of pyridine rings is 3. The highest BCUT2D eigenvalue weighted by atomic mass is 15.0. The average molecular weight is 407 g/mol. The number of nitrogens with zero attached hydrogens (tertiary/aromatic N) is 3. The summed E-state index contributed by atoms with van der Waals surface area (Å²) in [5, 5.41) is 6.52. The molecule has 0 aliphatic rings. The number of benzene rings is 2. The molecule has 0 fully saturated rings. The Labute approximate surface area is 182 Å². The molecule has 0 saturated heterocycles. The van der Waals surface area contributed by atoms with Crippen LogP contribution in [0.25, 0.3) is 49.1 Å². The van der Waals surface area contributed by atoms with Crippen LogP contribution in [0, 0.1) is 19.3 Å². The van der Waals surface area contributed by atoms with Crippen LogP contribution in [0.4, 0.5) is 0 Å². The van der Waals surface area contributed by atoms with E-state index in [-0.39, 0.29) is 5.41 Å². The first-order valence-electron chi connectivity index (χ1n) is 11.1. The molecule has 6 aromatic rings. The lowest BCUT2D eigenvalue weighted by Crippen LogP contribution is -2.29. The first-order valence-corrected chi connectivity index (χ1v) is 11.1. The SMILES string of the molecule is Cc1cc2c3cccnc3n3c4c(CC(C)(C)C)ccc5cc[n+](C)c(c(c1C)c23)c54. The molecule has 0 radical (unpaired) electrons. The maximum Gasteiger partial charge on any atom is 0.224 e. The summed E-state index contributed by atoms with van der Waals surface area (Å²) >= 11 is 0. The maximum absolute atomic E-state index is 4.90. The Kier molecular flexibility index (Phi) is 3.56. The normalized spacial score (nSPS) is 13.0. The van der Waals surface area contributed by atoms with Gasteiger partial charge in [-0.1, -0.05) is 32.9 Å². The minimum absolute atomic E-state index is 0.195. The zero-order chi connectivity index (χ0) is 21.7. The Balaban J connectivity index is 2.06. The van der Waals surface area contributed by atoms with Crippen LogP contribution < -0.4 is 4.57 Å². The van der Waals surface area contributed by atoms with Gasteiger partial charge in [0, 0.05) is 23.0 Å². The third-order valence-corrected chi connectivity index (χ3v) is 6.87. The number of aromatic nitrogens is 3. The topological polar surface area (TPSA) is 21.2 Å². The van der Waals surface area contributed by atoms with Crippen molar-refractivity contribution in [2.45, 2.75) is 41.0 Å². The Morgan fingerprint density at radius 3 is 2.55 bits per heavy atom. The zero-order valence-electron chi connectivity index (χ0n) is 19.2. The molecular weight excluding hydrogens is 378 g/mol. The second kappa shape index (κ2) is 5.94. The van der Waals surface area contributed by atoms with Crippen LogP contribution in [-0.4, -0.2) is 9.38 Å². The number of hydrogen-bond acceptors (Lipinski definition) is 1. The fraction of sp³-hybridized carbons (Fsp3) is 0.286. The molecule has 0 aliphatic heterocycles. The van der Waals surface area contributed by atoms with Gasteiger partial charge in [-0.15, -0.1) is 0 Å². The molecule has 154 valence electrons. The van der Waals surface area contributed by atoms with Crippen molar-refractivity contribution in [1.29, 1.82) is 0 Å². The van der Waals surface area contributed by atoms with Gasteiger partial charge in [0.1, 0.15) is 12.7 Å². The quantitative estimate of drug-likeness (QED) is 0.175. The molecule has 0 amide bonds. The predicted molar refractivity (Wildman–Crippen MR) is 130 cm³/mol. The molecule has 4 heterocycles. The van der Waals surface area contributed by atoms with Crippen LogP contribution in [-0.2, 0) is 13.5 Å². The van der Waals surface area contributed by atoms with E-state index in [0.717, 1.165) is 12.1 Å². The van der Waals surface area contributed by atoms with Crippen LogP contribution in [0.5, 0.6) is 0 Å². The van der Waals surface area contributed by atoms with E-state index in [4.69, 9.17) is 4.98 Å². The highest BCUT2D eigenvalue weighted by molar-refractivity contribution is 6.26. The van der Waals surface area contributed by atoms with E-state index < -0.39 is 0 Å². The van der Waals surface area contributed by atoms with Crippen molar-refractivity contribution in [2.24, 2.45) is 12.5 Å². The van der Waals surface area contributed by atoms with Crippen molar-refractivity contribution < 1.29 is 4.57 Å². The molecule has 4 aromatic heterocycles. The monoisotopic (exact) mass is 406 g/mol. The van der Waals surface area contributed by atoms with E-state index in [1.165, 1.54) is 60.2 Å². The third kappa shape index (κ3) is 2.40. The summed E-state index contributed by atoms with van der Waals surface area (Å²) in [6.45, 7) is 11.5. The highest BCUT2D eigenvalue weighted by Gasteiger charge is 2.27. The maximum atomic E-state index is 4.90. The summed E-state index contributed by atoms with van der Waals surface area (Å²) in [5.74, 6) is 0. The third-order valence-electron chi connectivity index (χ3n) is 6.87. The van der Waals surface area contributed by atoms with Gasteiger partial charge in [-0.05, 0) is 66.0 Å². The first kappa shape index (κ1) is 18.6. The number of hydrogen-bond donors (Lipinski definition) is 0. The first-order chi connectivity index (χ1) is 14.8. The number of rotatable bonds is 1. The van der Waals surface area contributed by atoms with Crippen molar-refractivity contribution >= 4 is 49.1 Å². The Morgan fingerprint density at radius 2 is 1.77 bits per heavy atom. The second-order valence-electron chi connectivity index (χ2n) is 10.3. The van der Waals surface area contributed by atoms with Crippen LogP contribution in [0.15, 0.2) is 48.8 Å². The molecule has 0 N–H and O–H groups in total. The van der Waals surface area contributed by atoms with Crippen molar-refractivity contribution in [3.05, 3.63) is 65.5 Å². The number of aryl methyl sites for hydroxylation is 3. The molecule has 0 aliphatic carbocycles. The minimum Gasteiger partial charge on any atom is -0.292 e. The molecule has 0 atom stereocenters. The summed E-state index contributed by atoms with van der Waals surface area (Å²) < 4.78 is 4.77. The van der Waals surface area contributed by atoms with Gasteiger partial charge in [-0.25, -0.2) is 9.55 Å². The Morgan fingerprint density at radius 1 is 0.968 bits per heavy atom. The van der Waals surface area contributed by atoms with Crippen LogP contribution >= 0.6 is 0 Å². The predicted octanol–water partition coefficient (Wildman–Crippen LogP) is 6.41. The van der Waals surface area contributed by atoms with Crippen molar-refractivity contribution in [3.63, 3.8) is 0 Å². The average Bonchev–Trinajstić information content (AvgIpc) is 3.04. The van der Waals surface area contributed by atoms with Crippen molar-refractivity contribution in [2.75, 3.05) is 0 Å². The van der Waals surface area contributed by atoms with E-state index in [0.29, 0.717) is 0 Å². The van der Waals surface area contributed by atoms with Gasteiger partial charge in [0.05, 0.1) is 21.8 Å². The largest absolute Gasteiger partial charge is 0.292 e. The van der Waals surface area contributed by atoms with Crippen molar-refractivity contribution in [1.82, 2.24) is 9.38 Å². The Bertz CT molecular complexity index is 1660. The fourth-order valence-corrected chi connectivity index (χ4v) is 5.49. The van der Waals surface area contributed by atoms with Gasteiger partial charge in [0.2, 0.25) is 5.52 Å². The molecule has 3 nitrogen and oxygen atoms in total.